The number of pyridine rings is 1. The molecule has 0 atom stereocenters. The Bertz CT molecular complexity index is 2520. The lowest BCUT2D eigenvalue weighted by atomic mass is 9.79. The lowest BCUT2D eigenvalue weighted by Crippen LogP contribution is -2.10. The second-order valence-corrected chi connectivity index (χ2v) is 14.8. The molecule has 7 aromatic rings. The minimum absolute atomic E-state index is 0.369. The zero-order chi connectivity index (χ0) is 41.6. The molecule has 0 aliphatic carbocycles. The smallest absolute Gasteiger partial charge is 0.123 e. The summed E-state index contributed by atoms with van der Waals surface area (Å²) < 4.78 is 57.5. The summed E-state index contributed by atoms with van der Waals surface area (Å²) in [7, 11) is 0. The number of hydrogen-bond acceptors (Lipinski definition) is 3. The van der Waals surface area contributed by atoms with E-state index >= 15 is 0 Å². The molecule has 0 fully saturated rings. The molecule has 59 heavy (non-hydrogen) atoms. The molecule has 0 unspecified atom stereocenters. The Morgan fingerprint density at radius 3 is 1.25 bits per heavy atom. The molecule has 296 valence electrons. The third-order valence-corrected chi connectivity index (χ3v) is 10.8. The van der Waals surface area contributed by atoms with Gasteiger partial charge in [0.2, 0.25) is 0 Å². The number of halogens is 4. The van der Waals surface area contributed by atoms with Crippen LogP contribution in [0.3, 0.4) is 0 Å². The van der Waals surface area contributed by atoms with Gasteiger partial charge in [-0.2, -0.15) is 0 Å². The number of para-hydroxylation sites is 1. The number of aromatic nitrogens is 1. The molecule has 0 radical (unpaired) electrons. The minimum atomic E-state index is -0.511. The molecular weight excluding hydrogens is 743 g/mol. The van der Waals surface area contributed by atoms with Crippen molar-refractivity contribution in [3.63, 3.8) is 0 Å². The normalized spacial score (nSPS) is 12.1. The number of aliphatic imine (C=N–C) groups is 2. The monoisotopic (exact) mass is 787 g/mol. The van der Waals surface area contributed by atoms with E-state index in [4.69, 9.17) is 15.0 Å². The van der Waals surface area contributed by atoms with Crippen LogP contribution in [0, 0.1) is 30.2 Å². The summed E-state index contributed by atoms with van der Waals surface area (Å²) >= 11 is 0. The quantitative estimate of drug-likeness (QED) is 0.0690. The van der Waals surface area contributed by atoms with Gasteiger partial charge in [-0.05, 0) is 144 Å². The first kappa shape index (κ1) is 40.7. The zero-order valence-corrected chi connectivity index (χ0v) is 33.8. The van der Waals surface area contributed by atoms with Crippen molar-refractivity contribution in [2.75, 3.05) is 0 Å². The van der Waals surface area contributed by atoms with Crippen molar-refractivity contribution >= 4 is 22.8 Å². The number of hydrogen-bond donors (Lipinski definition) is 0. The molecule has 3 nitrogen and oxygen atoms in total. The maximum atomic E-state index is 14.5. The van der Waals surface area contributed by atoms with Crippen LogP contribution in [0.25, 0.3) is 0 Å². The molecule has 0 spiro atoms. The first-order valence-electron chi connectivity index (χ1n) is 19.9. The van der Waals surface area contributed by atoms with E-state index in [2.05, 4.69) is 44.2 Å². The molecular formula is C52H45F4N3. The summed E-state index contributed by atoms with van der Waals surface area (Å²) in [6.45, 7) is 10.1. The van der Waals surface area contributed by atoms with Crippen LogP contribution in [0.1, 0.15) is 101 Å². The summed E-state index contributed by atoms with van der Waals surface area (Å²) in [6, 6.07) is 41.5. The van der Waals surface area contributed by atoms with E-state index in [1.54, 1.807) is 48.5 Å². The Hall–Kier alpha value is -6.47. The Morgan fingerprint density at radius 2 is 0.847 bits per heavy atom. The van der Waals surface area contributed by atoms with E-state index < -0.39 is 11.8 Å². The molecule has 0 N–H and O–H groups in total. The van der Waals surface area contributed by atoms with Gasteiger partial charge in [-0.1, -0.05) is 98.8 Å². The Labute approximate surface area is 343 Å². The van der Waals surface area contributed by atoms with Gasteiger partial charge in [-0.25, -0.2) is 22.5 Å². The number of nitrogens with zero attached hydrogens (tertiary/aromatic N) is 3. The van der Waals surface area contributed by atoms with Gasteiger partial charge in [0.05, 0.1) is 34.2 Å². The fourth-order valence-corrected chi connectivity index (χ4v) is 7.77. The highest BCUT2D eigenvalue weighted by molar-refractivity contribution is 6.02. The van der Waals surface area contributed by atoms with Crippen LogP contribution >= 0.6 is 0 Å². The van der Waals surface area contributed by atoms with Crippen molar-refractivity contribution in [2.24, 2.45) is 9.98 Å². The number of rotatable bonds is 12. The van der Waals surface area contributed by atoms with Gasteiger partial charge in [0.1, 0.15) is 23.3 Å². The number of aryl methyl sites for hydroxylation is 3. The van der Waals surface area contributed by atoms with Crippen molar-refractivity contribution < 1.29 is 17.6 Å². The van der Waals surface area contributed by atoms with Crippen LogP contribution in [-0.2, 0) is 12.8 Å². The van der Waals surface area contributed by atoms with Crippen LogP contribution in [0.4, 0.5) is 28.9 Å². The fraction of sp³-hybridized carbons (Fsp3) is 0.173. The van der Waals surface area contributed by atoms with E-state index in [1.165, 1.54) is 59.7 Å². The van der Waals surface area contributed by atoms with Crippen molar-refractivity contribution in [1.82, 2.24) is 4.98 Å². The van der Waals surface area contributed by atoms with Crippen LogP contribution in [0.2, 0.25) is 0 Å². The average molecular weight is 788 g/mol. The lowest BCUT2D eigenvalue weighted by molar-refractivity contribution is 0.625. The highest BCUT2D eigenvalue weighted by Crippen LogP contribution is 2.43. The van der Waals surface area contributed by atoms with Crippen LogP contribution < -0.4 is 0 Å². The summed E-state index contributed by atoms with van der Waals surface area (Å²) in [5.41, 5.74) is 12.5. The summed E-state index contributed by atoms with van der Waals surface area (Å²) in [5.74, 6) is -2.43. The lowest BCUT2D eigenvalue weighted by Gasteiger charge is -2.26. The molecule has 0 aliphatic heterocycles. The van der Waals surface area contributed by atoms with Crippen LogP contribution in [0.15, 0.2) is 156 Å². The predicted octanol–water partition coefficient (Wildman–Crippen LogP) is 13.7. The zero-order valence-electron chi connectivity index (χ0n) is 33.8. The Kier molecular flexibility index (Phi) is 12.4. The van der Waals surface area contributed by atoms with Crippen LogP contribution in [0.5, 0.6) is 0 Å². The first-order valence-corrected chi connectivity index (χ1v) is 19.9. The van der Waals surface area contributed by atoms with E-state index in [0.29, 0.717) is 17.1 Å². The largest absolute Gasteiger partial charge is 0.251 e. The van der Waals surface area contributed by atoms with Gasteiger partial charge < -0.3 is 0 Å². The van der Waals surface area contributed by atoms with E-state index in [-0.39, 0.29) is 23.3 Å². The molecule has 0 saturated carbocycles. The molecule has 7 rings (SSSR count). The average Bonchev–Trinajstić information content (AvgIpc) is 3.25. The molecule has 0 saturated heterocycles. The van der Waals surface area contributed by atoms with Gasteiger partial charge in [0, 0.05) is 11.8 Å². The molecule has 1 aromatic heterocycles. The SMILES string of the molecule is CCc1cccc(CC)c1N=C(C)c1cccc(C(C)=Nc2c(C)cc(C(c3ccc(F)cc3)c3ccc(F)cc3)cc2C(c2ccc(F)cc2)c2ccc(F)cc2)n1. The number of benzene rings is 6. The van der Waals surface area contributed by atoms with Gasteiger partial charge in [-0.3, -0.25) is 9.98 Å². The second kappa shape index (κ2) is 18.0. The van der Waals surface area contributed by atoms with Crippen molar-refractivity contribution in [1.29, 1.82) is 0 Å². The van der Waals surface area contributed by atoms with Crippen molar-refractivity contribution in [3.8, 4) is 0 Å². The maximum Gasteiger partial charge on any atom is 0.123 e. The standard InChI is InChI=1S/C52H45F4N3/c1-6-35-10-8-11-36(7-2)52(35)58-34(5)48-13-9-12-47(59-48)33(4)57-51-32(3)30-41(49(37-14-22-42(53)23-15-37)38-16-24-43(54)25-17-38)31-46(51)50(39-18-26-44(55)27-19-39)40-20-28-45(56)29-21-40/h8-31,49-50H,6-7H2,1-5H3. The van der Waals surface area contributed by atoms with E-state index in [1.807, 2.05) is 39.0 Å². The second-order valence-electron chi connectivity index (χ2n) is 14.8. The molecule has 6 aromatic carbocycles. The van der Waals surface area contributed by atoms with Crippen molar-refractivity contribution in [2.45, 2.75) is 59.3 Å². The van der Waals surface area contributed by atoms with Gasteiger partial charge >= 0.3 is 0 Å². The maximum absolute atomic E-state index is 14.5. The van der Waals surface area contributed by atoms with Gasteiger partial charge in [0.15, 0.2) is 0 Å². The topological polar surface area (TPSA) is 37.6 Å². The fourth-order valence-electron chi connectivity index (χ4n) is 7.77. The summed E-state index contributed by atoms with van der Waals surface area (Å²) in [4.78, 5) is 15.5. The van der Waals surface area contributed by atoms with Gasteiger partial charge in [0.25, 0.3) is 0 Å². The van der Waals surface area contributed by atoms with E-state index in [0.717, 1.165) is 68.9 Å². The molecule has 0 amide bonds. The molecule has 0 aliphatic rings. The van der Waals surface area contributed by atoms with Crippen molar-refractivity contribution in [3.05, 3.63) is 230 Å². The highest BCUT2D eigenvalue weighted by Gasteiger charge is 2.26. The molecule has 1 heterocycles. The third-order valence-electron chi connectivity index (χ3n) is 10.8. The Morgan fingerprint density at radius 1 is 0.475 bits per heavy atom. The first-order chi connectivity index (χ1) is 28.5. The van der Waals surface area contributed by atoms with Gasteiger partial charge in [-0.15, -0.1) is 0 Å². The van der Waals surface area contributed by atoms with E-state index in [9.17, 15) is 17.6 Å². The highest BCUT2D eigenvalue weighted by atomic mass is 19.1. The summed E-state index contributed by atoms with van der Waals surface area (Å²) in [6.07, 6.45) is 1.73. The summed E-state index contributed by atoms with van der Waals surface area (Å²) in [5, 5.41) is 0. The van der Waals surface area contributed by atoms with Crippen LogP contribution in [-0.4, -0.2) is 16.4 Å². The Balaban J connectivity index is 1.43. The molecule has 7 heteroatoms. The third kappa shape index (κ3) is 9.15. The minimum Gasteiger partial charge on any atom is -0.251 e. The predicted molar refractivity (Wildman–Crippen MR) is 232 cm³/mol. The molecule has 0 bridgehead atoms.